The van der Waals surface area contributed by atoms with E-state index in [1.807, 2.05) is 23.0 Å². The molecule has 0 radical (unpaired) electrons. The molecule has 0 unspecified atom stereocenters. The third-order valence-corrected chi connectivity index (χ3v) is 2.44. The Balaban J connectivity index is 0.00000112. The third-order valence-electron chi connectivity index (χ3n) is 1.91. The summed E-state index contributed by atoms with van der Waals surface area (Å²) in [7, 11) is 0. The van der Waals surface area contributed by atoms with E-state index in [0.29, 0.717) is 5.69 Å². The Bertz CT molecular complexity index is 424. The Morgan fingerprint density at radius 3 is 2.47 bits per heavy atom. The van der Waals surface area contributed by atoms with E-state index in [1.165, 1.54) is 5.56 Å². The van der Waals surface area contributed by atoms with Crippen molar-refractivity contribution in [3.8, 4) is 0 Å². The summed E-state index contributed by atoms with van der Waals surface area (Å²) in [6, 6.07) is 8.15. The molecule has 2 N–H and O–H groups in total. The number of rotatable bonds is 2. The van der Waals surface area contributed by atoms with E-state index in [9.17, 15) is 0 Å². The molecule has 0 aliphatic rings. The Hall–Kier alpha value is -1.00. The minimum absolute atomic E-state index is 0. The summed E-state index contributed by atoms with van der Waals surface area (Å²) >= 11 is 3.39. The molecule has 0 saturated heterocycles. The van der Waals surface area contributed by atoms with E-state index < -0.39 is 0 Å². The van der Waals surface area contributed by atoms with Crippen LogP contribution in [0.1, 0.15) is 5.56 Å². The summed E-state index contributed by atoms with van der Waals surface area (Å²) in [6.45, 7) is 0.754. The first-order valence-corrected chi connectivity index (χ1v) is 5.06. The molecule has 0 spiro atoms. The van der Waals surface area contributed by atoms with Crippen molar-refractivity contribution in [3.05, 3.63) is 46.7 Å². The van der Waals surface area contributed by atoms with Crippen LogP contribution in [-0.2, 0) is 6.54 Å². The first kappa shape index (κ1) is 12.1. The fourth-order valence-corrected chi connectivity index (χ4v) is 1.51. The molecule has 0 bridgehead atoms. The van der Waals surface area contributed by atoms with Gasteiger partial charge in [0.25, 0.3) is 0 Å². The van der Waals surface area contributed by atoms with Crippen LogP contribution in [0.5, 0.6) is 0 Å². The van der Waals surface area contributed by atoms with Crippen molar-refractivity contribution in [3.63, 3.8) is 0 Å². The van der Waals surface area contributed by atoms with Gasteiger partial charge in [-0.1, -0.05) is 28.1 Å². The highest BCUT2D eigenvalue weighted by Gasteiger charge is 1.96. The Labute approximate surface area is 103 Å². The number of benzene rings is 1. The fourth-order valence-electron chi connectivity index (χ4n) is 1.24. The second kappa shape index (κ2) is 5.19. The van der Waals surface area contributed by atoms with Crippen LogP contribution >= 0.6 is 28.3 Å². The molecule has 1 heterocycles. The van der Waals surface area contributed by atoms with Gasteiger partial charge in [0, 0.05) is 10.7 Å². The number of nitrogens with zero attached hydrogens (tertiary/aromatic N) is 2. The quantitative estimate of drug-likeness (QED) is 0.923. The van der Waals surface area contributed by atoms with E-state index in [-0.39, 0.29) is 12.4 Å². The normalized spacial score (nSPS) is 9.67. The van der Waals surface area contributed by atoms with E-state index >= 15 is 0 Å². The highest BCUT2D eigenvalue weighted by atomic mass is 79.9. The number of nitrogen functional groups attached to an aromatic ring is 1. The highest BCUT2D eigenvalue weighted by molar-refractivity contribution is 9.10. The zero-order valence-electron chi connectivity index (χ0n) is 7.93. The van der Waals surface area contributed by atoms with Gasteiger partial charge in [-0.15, -0.1) is 12.4 Å². The summed E-state index contributed by atoms with van der Waals surface area (Å²) in [5, 5.41) is 4.11. The van der Waals surface area contributed by atoms with Gasteiger partial charge in [0.2, 0.25) is 0 Å². The van der Waals surface area contributed by atoms with Crippen LogP contribution in [0.3, 0.4) is 0 Å². The third kappa shape index (κ3) is 3.25. The van der Waals surface area contributed by atoms with Crippen molar-refractivity contribution in [1.29, 1.82) is 0 Å². The lowest BCUT2D eigenvalue weighted by molar-refractivity contribution is 0.687. The molecule has 0 saturated carbocycles. The van der Waals surface area contributed by atoms with Crippen LogP contribution in [0.25, 0.3) is 0 Å². The summed E-state index contributed by atoms with van der Waals surface area (Å²) in [4.78, 5) is 0. The largest absolute Gasteiger partial charge is 0.396 e. The molecule has 0 atom stereocenters. The first-order chi connectivity index (χ1) is 6.74. The minimum Gasteiger partial charge on any atom is -0.396 e. The highest BCUT2D eigenvalue weighted by Crippen LogP contribution is 2.11. The van der Waals surface area contributed by atoms with Crippen LogP contribution in [0, 0.1) is 0 Å². The van der Waals surface area contributed by atoms with Crippen molar-refractivity contribution in [2.24, 2.45) is 0 Å². The fraction of sp³-hybridized carbons (Fsp3) is 0.100. The van der Waals surface area contributed by atoms with Crippen molar-refractivity contribution < 1.29 is 0 Å². The van der Waals surface area contributed by atoms with Gasteiger partial charge >= 0.3 is 0 Å². The first-order valence-electron chi connectivity index (χ1n) is 4.26. The topological polar surface area (TPSA) is 43.8 Å². The van der Waals surface area contributed by atoms with Gasteiger partial charge in [-0.05, 0) is 17.7 Å². The molecule has 0 aliphatic carbocycles. The van der Waals surface area contributed by atoms with Gasteiger partial charge in [-0.3, -0.25) is 4.68 Å². The SMILES string of the molecule is Cl.Nc1cnn(Cc2ccc(Br)cc2)c1. The number of aromatic nitrogens is 2. The smallest absolute Gasteiger partial charge is 0.0719 e. The van der Waals surface area contributed by atoms with Crippen LogP contribution in [0.4, 0.5) is 5.69 Å². The van der Waals surface area contributed by atoms with Crippen molar-refractivity contribution in [1.82, 2.24) is 9.78 Å². The molecule has 5 heteroatoms. The second-order valence-electron chi connectivity index (χ2n) is 3.10. The molecule has 3 nitrogen and oxygen atoms in total. The molecule has 1 aromatic heterocycles. The lowest BCUT2D eigenvalue weighted by Gasteiger charge is -2.01. The van der Waals surface area contributed by atoms with E-state index in [4.69, 9.17) is 5.73 Å². The van der Waals surface area contributed by atoms with Crippen LogP contribution < -0.4 is 5.73 Å². The lowest BCUT2D eigenvalue weighted by atomic mass is 10.2. The Morgan fingerprint density at radius 1 is 1.27 bits per heavy atom. The molecule has 2 aromatic rings. The maximum atomic E-state index is 5.57. The molecular weight excluding hydrogens is 277 g/mol. The maximum Gasteiger partial charge on any atom is 0.0719 e. The van der Waals surface area contributed by atoms with E-state index in [2.05, 4.69) is 33.2 Å². The number of hydrogen-bond acceptors (Lipinski definition) is 2. The number of hydrogen-bond donors (Lipinski definition) is 1. The second-order valence-corrected chi connectivity index (χ2v) is 4.01. The van der Waals surface area contributed by atoms with Gasteiger partial charge in [-0.2, -0.15) is 5.10 Å². The molecular formula is C10H11BrClN3. The van der Waals surface area contributed by atoms with Gasteiger partial charge in [0.15, 0.2) is 0 Å². The van der Waals surface area contributed by atoms with Crippen LogP contribution in [0.15, 0.2) is 41.1 Å². The Kier molecular flexibility index (Phi) is 4.17. The zero-order valence-corrected chi connectivity index (χ0v) is 10.3. The van der Waals surface area contributed by atoms with Gasteiger partial charge in [0.1, 0.15) is 0 Å². The monoisotopic (exact) mass is 287 g/mol. The average Bonchev–Trinajstić information content (AvgIpc) is 2.56. The molecule has 0 amide bonds. The molecule has 2 rings (SSSR count). The van der Waals surface area contributed by atoms with E-state index in [1.54, 1.807) is 6.20 Å². The standard InChI is InChI=1S/C10H10BrN3.ClH/c11-9-3-1-8(2-4-9)6-14-7-10(12)5-13-14;/h1-5,7H,6,12H2;1H. The summed E-state index contributed by atoms with van der Waals surface area (Å²) in [5.74, 6) is 0. The summed E-state index contributed by atoms with van der Waals surface area (Å²) < 4.78 is 2.90. The predicted octanol–water partition coefficient (Wildman–Crippen LogP) is 2.70. The lowest BCUT2D eigenvalue weighted by Crippen LogP contribution is -1.99. The molecule has 0 fully saturated rings. The summed E-state index contributed by atoms with van der Waals surface area (Å²) in [5.41, 5.74) is 7.47. The van der Waals surface area contributed by atoms with Gasteiger partial charge in [0.05, 0.1) is 18.4 Å². The van der Waals surface area contributed by atoms with Gasteiger partial charge < -0.3 is 5.73 Å². The minimum atomic E-state index is 0. The molecule has 15 heavy (non-hydrogen) atoms. The van der Waals surface area contributed by atoms with Crippen molar-refractivity contribution in [2.45, 2.75) is 6.54 Å². The summed E-state index contributed by atoms with van der Waals surface area (Å²) in [6.07, 6.45) is 3.47. The number of nitrogens with two attached hydrogens (primary N) is 1. The van der Waals surface area contributed by atoms with Crippen molar-refractivity contribution in [2.75, 3.05) is 5.73 Å². The van der Waals surface area contributed by atoms with Gasteiger partial charge in [-0.25, -0.2) is 0 Å². The average molecular weight is 289 g/mol. The molecule has 80 valence electrons. The zero-order chi connectivity index (χ0) is 9.97. The van der Waals surface area contributed by atoms with Crippen LogP contribution in [-0.4, -0.2) is 9.78 Å². The number of anilines is 1. The maximum absolute atomic E-state index is 5.57. The predicted molar refractivity (Wildman–Crippen MR) is 67.1 cm³/mol. The number of halogens is 2. The van der Waals surface area contributed by atoms with Crippen molar-refractivity contribution >= 4 is 34.0 Å². The molecule has 1 aromatic carbocycles. The van der Waals surface area contributed by atoms with E-state index in [0.717, 1.165) is 11.0 Å². The van der Waals surface area contributed by atoms with Crippen LogP contribution in [0.2, 0.25) is 0 Å². The Morgan fingerprint density at radius 2 is 1.93 bits per heavy atom. The molecule has 0 aliphatic heterocycles.